The molecule has 14 heteroatoms. The highest BCUT2D eigenvalue weighted by Gasteiger charge is 2.58. The van der Waals surface area contributed by atoms with E-state index in [9.17, 15) is 18.9 Å². The van der Waals surface area contributed by atoms with Crippen molar-refractivity contribution in [3.05, 3.63) is 140 Å². The fourth-order valence-electron chi connectivity index (χ4n) is 7.37. The molecule has 0 saturated carbocycles. The lowest BCUT2D eigenvalue weighted by Gasteiger charge is -2.40. The van der Waals surface area contributed by atoms with E-state index in [4.69, 9.17) is 9.05 Å². The van der Waals surface area contributed by atoms with Crippen molar-refractivity contribution in [1.82, 2.24) is 0 Å². The second kappa shape index (κ2) is 17.0. The highest BCUT2D eigenvalue weighted by Crippen LogP contribution is 2.70. The van der Waals surface area contributed by atoms with Crippen molar-refractivity contribution in [2.45, 2.75) is 135 Å². The molecule has 0 saturated heterocycles. The number of carbonyl (C=O) groups is 1. The van der Waals surface area contributed by atoms with E-state index in [1.165, 1.54) is 53.7 Å². The number of halogens is 5. The van der Waals surface area contributed by atoms with Crippen LogP contribution in [-0.4, -0.2) is 26.8 Å². The molecule has 4 rings (SSSR count). The lowest BCUT2D eigenvalue weighted by Crippen LogP contribution is -2.42. The van der Waals surface area contributed by atoms with Gasteiger partial charge in [0.1, 0.15) is 0 Å². The Morgan fingerprint density at radius 2 is 1.08 bits per heavy atom. The van der Waals surface area contributed by atoms with E-state index in [2.05, 4.69) is 15.9 Å². The minimum Gasteiger partial charge on any atom is -0.320 e. The van der Waals surface area contributed by atoms with Gasteiger partial charge in [-0.15, -0.1) is 0 Å². The highest BCUT2D eigenvalue weighted by molar-refractivity contribution is 9.10. The summed E-state index contributed by atoms with van der Waals surface area (Å²) in [6.07, 6.45) is -0.174. The molecule has 1 unspecified atom stereocenters. The Kier molecular flexibility index (Phi) is 14.1. The molecule has 2 N–H and O–H groups in total. The summed E-state index contributed by atoms with van der Waals surface area (Å²) < 4.78 is 102. The van der Waals surface area contributed by atoms with Crippen LogP contribution in [0.4, 0.5) is 17.6 Å². The number of Topliss-reactive ketones (excluding diaryl/α,β-unsaturated/α-hetero) is 1. The van der Waals surface area contributed by atoms with Crippen molar-refractivity contribution in [2.75, 3.05) is 0 Å². The number of ketones is 1. The second-order valence-corrected chi connectivity index (χ2v) is 23.7. The summed E-state index contributed by atoms with van der Waals surface area (Å²) in [6, 6.07) is 23.7. The van der Waals surface area contributed by atoms with E-state index in [1.54, 1.807) is 102 Å². The number of hydrogen-bond acceptors (Lipinski definition) is 5. The zero-order chi connectivity index (χ0) is 45.7. The Hall–Kier alpha value is -2.95. The van der Waals surface area contributed by atoms with Crippen molar-refractivity contribution >= 4 is 36.9 Å². The molecule has 60 heavy (non-hydrogen) atoms. The lowest BCUT2D eigenvalue weighted by molar-refractivity contribution is -0.0213. The van der Waals surface area contributed by atoms with Gasteiger partial charge < -0.3 is 9.79 Å². The molecule has 0 aliphatic carbocycles. The summed E-state index contributed by atoms with van der Waals surface area (Å²) in [5, 5.41) is 0. The van der Waals surface area contributed by atoms with E-state index in [0.717, 1.165) is 18.2 Å². The molecule has 4 aromatic carbocycles. The molecule has 0 heterocycles. The summed E-state index contributed by atoms with van der Waals surface area (Å²) in [4.78, 5) is 35.3. The van der Waals surface area contributed by atoms with Gasteiger partial charge in [-0.1, -0.05) is 126 Å². The molecule has 0 bridgehead atoms. The monoisotopic (exact) mass is 938 g/mol. The Labute approximate surface area is 360 Å². The fourth-order valence-corrected chi connectivity index (χ4v) is 11.4. The largest absolute Gasteiger partial charge is 0.405 e. The first-order chi connectivity index (χ1) is 27.1. The third-order valence-corrected chi connectivity index (χ3v) is 14.2. The first kappa shape index (κ1) is 49.7. The fraction of sp³-hybridized carbons (Fsp3) is 0.457. The Morgan fingerprint density at radius 3 is 1.50 bits per heavy atom. The third kappa shape index (κ3) is 10.6. The summed E-state index contributed by atoms with van der Waals surface area (Å²) >= 11 is 3.37. The highest BCUT2D eigenvalue weighted by atomic mass is 79.9. The summed E-state index contributed by atoms with van der Waals surface area (Å²) in [6.45, 7) is 19.8. The molecule has 0 aromatic heterocycles. The maximum Gasteiger partial charge on any atom is 0.405 e. The normalized spacial score (nSPS) is 14.8. The molecule has 0 aliphatic heterocycles. The van der Waals surface area contributed by atoms with Gasteiger partial charge in [0.05, 0.1) is 16.6 Å². The predicted molar refractivity (Wildman–Crippen MR) is 233 cm³/mol. The van der Waals surface area contributed by atoms with Gasteiger partial charge in [-0.25, -0.2) is 0 Å². The molecule has 0 amide bonds. The van der Waals surface area contributed by atoms with Crippen LogP contribution in [0.1, 0.15) is 132 Å². The maximum atomic E-state index is 16.5. The zero-order valence-corrected chi connectivity index (χ0v) is 39.7. The molecular weight excluding hydrogens is 882 g/mol. The number of rotatable bonds is 13. The predicted octanol–water partition coefficient (Wildman–Crippen LogP) is 13.7. The SMILES string of the molecule is CC(C)(C)OP(=O)(OC(C)(C)C)C(F)(F)c1ccc(CC(Cc2c(C(C)(C)C)cc(C(F)(F)P(=O)(O)O)c(Br)c2C(C)(C)C)(C(=O)c2ccccc2)c2ccccc2)cc1. The molecule has 328 valence electrons. The van der Waals surface area contributed by atoms with Crippen molar-refractivity contribution in [3.8, 4) is 0 Å². The molecule has 1 atom stereocenters. The van der Waals surface area contributed by atoms with Gasteiger partial charge in [-0.3, -0.25) is 23.0 Å². The number of benzene rings is 4. The second-order valence-electron chi connectivity index (χ2n) is 19.4. The molecule has 7 nitrogen and oxygen atoms in total. The first-order valence-electron chi connectivity index (χ1n) is 19.5. The summed E-state index contributed by atoms with van der Waals surface area (Å²) in [5.74, 6) is -0.342. The van der Waals surface area contributed by atoms with Crippen LogP contribution in [-0.2, 0) is 58.6 Å². The van der Waals surface area contributed by atoms with E-state index in [1.807, 2.05) is 0 Å². The van der Waals surface area contributed by atoms with Crippen LogP contribution >= 0.6 is 31.1 Å². The molecule has 0 fully saturated rings. The molecule has 0 spiro atoms. The molecular formula is C46H57BrF4O7P2. The topological polar surface area (TPSA) is 110 Å². The maximum absolute atomic E-state index is 16.5. The van der Waals surface area contributed by atoms with Crippen molar-refractivity contribution in [1.29, 1.82) is 0 Å². The quantitative estimate of drug-likeness (QED) is 0.0780. The van der Waals surface area contributed by atoms with Gasteiger partial charge in [-0.05, 0) is 115 Å². The molecule has 0 radical (unpaired) electrons. The van der Waals surface area contributed by atoms with Crippen LogP contribution in [0.15, 0.2) is 95.5 Å². The van der Waals surface area contributed by atoms with Crippen LogP contribution in [0.25, 0.3) is 0 Å². The minimum absolute atomic E-state index is 0.0730. The number of carbonyl (C=O) groups excluding carboxylic acids is 1. The van der Waals surface area contributed by atoms with Crippen LogP contribution < -0.4 is 0 Å². The van der Waals surface area contributed by atoms with Crippen LogP contribution in [0.2, 0.25) is 0 Å². The molecule has 4 aromatic rings. The van der Waals surface area contributed by atoms with E-state index >= 15 is 22.4 Å². The van der Waals surface area contributed by atoms with Crippen LogP contribution in [0, 0.1) is 0 Å². The average molecular weight is 940 g/mol. The number of alkyl halides is 4. The van der Waals surface area contributed by atoms with Gasteiger partial charge in [0.15, 0.2) is 5.78 Å². The third-order valence-electron chi connectivity index (χ3n) is 9.83. The van der Waals surface area contributed by atoms with E-state index in [-0.39, 0.29) is 23.1 Å². The van der Waals surface area contributed by atoms with Gasteiger partial charge in [0.25, 0.3) is 0 Å². The Morgan fingerprint density at radius 1 is 0.617 bits per heavy atom. The number of hydrogen-bond donors (Lipinski definition) is 2. The van der Waals surface area contributed by atoms with E-state index in [0.29, 0.717) is 33.4 Å². The average Bonchev–Trinajstić information content (AvgIpc) is 3.08. The van der Waals surface area contributed by atoms with Crippen molar-refractivity contribution in [2.24, 2.45) is 0 Å². The first-order valence-corrected chi connectivity index (χ1v) is 23.5. The molecule has 0 aliphatic rings. The standard InChI is InChI=1S/C46H57BrF4O7P2/c1-40(2,3)35-27-36(46(50,51)59(53,54)55)38(47)37(41(4,5)6)34(35)29-44(32-21-17-14-18-22-32,39(52)31-19-15-13-16-20-31)28-30-23-25-33(26-24-30)45(48,49)60(56,57-42(7,8)9)58-43(10,11)12/h13-27H,28-29H2,1-12H3,(H2,53,54,55). The van der Waals surface area contributed by atoms with Crippen LogP contribution in [0.3, 0.4) is 0 Å². The smallest absolute Gasteiger partial charge is 0.320 e. The van der Waals surface area contributed by atoms with Gasteiger partial charge in [0, 0.05) is 21.2 Å². The Balaban J connectivity index is 2.09. The summed E-state index contributed by atoms with van der Waals surface area (Å²) in [7, 11) is -11.2. The Bertz CT molecular complexity index is 2250. The minimum atomic E-state index is -6.02. The lowest BCUT2D eigenvalue weighted by atomic mass is 9.63. The zero-order valence-electron chi connectivity index (χ0n) is 36.3. The van der Waals surface area contributed by atoms with Gasteiger partial charge in [0.2, 0.25) is 0 Å². The van der Waals surface area contributed by atoms with Crippen molar-refractivity contribution in [3.63, 3.8) is 0 Å². The van der Waals surface area contributed by atoms with Gasteiger partial charge in [-0.2, -0.15) is 17.6 Å². The summed E-state index contributed by atoms with van der Waals surface area (Å²) in [5.41, 5.74) is -13.5. The van der Waals surface area contributed by atoms with Crippen molar-refractivity contribution < 1.29 is 50.3 Å². The van der Waals surface area contributed by atoms with E-state index < -0.39 is 65.1 Å². The van der Waals surface area contributed by atoms with Crippen LogP contribution in [0.5, 0.6) is 0 Å². The van der Waals surface area contributed by atoms with Gasteiger partial charge >= 0.3 is 26.5 Å².